The van der Waals surface area contributed by atoms with E-state index in [2.05, 4.69) is 28.9 Å². The first-order chi connectivity index (χ1) is 9.20. The van der Waals surface area contributed by atoms with Gasteiger partial charge in [0.15, 0.2) is 5.82 Å². The number of hydrogen-bond donors (Lipinski definition) is 1. The molecule has 0 amide bonds. The van der Waals surface area contributed by atoms with Crippen LogP contribution in [0.4, 0.5) is 0 Å². The van der Waals surface area contributed by atoms with Gasteiger partial charge in [-0.05, 0) is 46.2 Å². The van der Waals surface area contributed by atoms with Gasteiger partial charge in [0.1, 0.15) is 0 Å². The normalized spacial score (nSPS) is 21.2. The number of nitrogens with two attached hydrogens (primary N) is 1. The van der Waals surface area contributed by atoms with E-state index in [0.717, 1.165) is 31.0 Å². The van der Waals surface area contributed by atoms with Gasteiger partial charge in [-0.25, -0.2) is 0 Å². The first-order valence-electron chi connectivity index (χ1n) is 7.48. The van der Waals surface area contributed by atoms with Crippen LogP contribution in [0, 0.1) is 0 Å². The van der Waals surface area contributed by atoms with E-state index in [0.29, 0.717) is 18.6 Å². The Bertz CT molecular complexity index is 377. The van der Waals surface area contributed by atoms with E-state index in [4.69, 9.17) is 10.3 Å². The number of likely N-dealkylation sites (tertiary alicyclic amines) is 1. The monoisotopic (exact) mass is 266 g/mol. The summed E-state index contributed by atoms with van der Waals surface area (Å²) in [6.45, 7) is 6.39. The fourth-order valence-electron chi connectivity index (χ4n) is 2.86. The number of nitrogens with zero attached hydrogens (tertiary/aromatic N) is 3. The Morgan fingerprint density at radius 3 is 3.00 bits per heavy atom. The zero-order valence-electron chi connectivity index (χ0n) is 12.1. The molecule has 1 aliphatic rings. The number of aromatic nitrogens is 2. The average Bonchev–Trinajstić information content (AvgIpc) is 2.84. The van der Waals surface area contributed by atoms with Crippen LogP contribution >= 0.6 is 0 Å². The summed E-state index contributed by atoms with van der Waals surface area (Å²) >= 11 is 0. The molecule has 0 bridgehead atoms. The number of aryl methyl sites for hydroxylation is 1. The summed E-state index contributed by atoms with van der Waals surface area (Å²) in [5.41, 5.74) is 5.49. The Hall–Kier alpha value is -0.940. The molecule has 5 heteroatoms. The predicted octanol–water partition coefficient (Wildman–Crippen LogP) is 1.77. The van der Waals surface area contributed by atoms with Gasteiger partial charge in [0.25, 0.3) is 0 Å². The third kappa shape index (κ3) is 4.01. The van der Waals surface area contributed by atoms with Gasteiger partial charge in [-0.2, -0.15) is 4.98 Å². The van der Waals surface area contributed by atoms with Crippen molar-refractivity contribution >= 4 is 0 Å². The van der Waals surface area contributed by atoms with Crippen molar-refractivity contribution in [3.05, 3.63) is 11.7 Å². The maximum absolute atomic E-state index is 5.49. The summed E-state index contributed by atoms with van der Waals surface area (Å²) in [4.78, 5) is 7.04. The van der Waals surface area contributed by atoms with Gasteiger partial charge in [-0.1, -0.05) is 11.6 Å². The predicted molar refractivity (Wildman–Crippen MR) is 74.9 cm³/mol. The summed E-state index contributed by atoms with van der Waals surface area (Å²) in [6, 6.07) is 1.16. The minimum atomic E-state index is 0.564. The molecule has 2 heterocycles. The second-order valence-corrected chi connectivity index (χ2v) is 5.68. The molecule has 0 radical (unpaired) electrons. The van der Waals surface area contributed by atoms with Gasteiger partial charge >= 0.3 is 0 Å². The Labute approximate surface area is 115 Å². The SMILES string of the molecule is CC(C)N1CCCCC1Cc1noc(CCCN)n1. The highest BCUT2D eigenvalue weighted by Crippen LogP contribution is 2.22. The summed E-state index contributed by atoms with van der Waals surface area (Å²) in [5.74, 6) is 1.58. The van der Waals surface area contributed by atoms with Crippen LogP contribution in [0.15, 0.2) is 4.52 Å². The van der Waals surface area contributed by atoms with E-state index >= 15 is 0 Å². The molecule has 1 aliphatic heterocycles. The number of hydrogen-bond acceptors (Lipinski definition) is 5. The molecule has 1 atom stereocenters. The lowest BCUT2D eigenvalue weighted by atomic mass is 9.97. The van der Waals surface area contributed by atoms with Crippen molar-refractivity contribution in [3.8, 4) is 0 Å². The highest BCUT2D eigenvalue weighted by atomic mass is 16.5. The maximum Gasteiger partial charge on any atom is 0.226 e. The molecule has 1 saturated heterocycles. The van der Waals surface area contributed by atoms with Gasteiger partial charge in [-0.15, -0.1) is 0 Å². The van der Waals surface area contributed by atoms with Gasteiger partial charge in [0.05, 0.1) is 0 Å². The van der Waals surface area contributed by atoms with Crippen LogP contribution in [0.2, 0.25) is 0 Å². The topological polar surface area (TPSA) is 68.2 Å². The van der Waals surface area contributed by atoms with Crippen molar-refractivity contribution in [2.45, 2.75) is 64.5 Å². The molecule has 1 aromatic rings. The third-order valence-corrected chi connectivity index (χ3v) is 3.86. The number of piperidine rings is 1. The largest absolute Gasteiger partial charge is 0.339 e. The van der Waals surface area contributed by atoms with Gasteiger partial charge < -0.3 is 10.3 Å². The maximum atomic E-state index is 5.49. The van der Waals surface area contributed by atoms with E-state index in [1.165, 1.54) is 25.8 Å². The van der Waals surface area contributed by atoms with E-state index < -0.39 is 0 Å². The Balaban J connectivity index is 1.93. The Morgan fingerprint density at radius 2 is 2.26 bits per heavy atom. The molecule has 1 fully saturated rings. The summed E-state index contributed by atoms with van der Waals surface area (Å²) in [5, 5.41) is 4.10. The minimum absolute atomic E-state index is 0.564. The second kappa shape index (κ2) is 7.01. The molecule has 0 spiro atoms. The van der Waals surface area contributed by atoms with Crippen molar-refractivity contribution in [2.75, 3.05) is 13.1 Å². The fraction of sp³-hybridized carbons (Fsp3) is 0.857. The van der Waals surface area contributed by atoms with Crippen molar-refractivity contribution in [1.82, 2.24) is 15.0 Å². The van der Waals surface area contributed by atoms with E-state index in [-0.39, 0.29) is 0 Å². The molecule has 108 valence electrons. The van der Waals surface area contributed by atoms with E-state index in [1.54, 1.807) is 0 Å². The standard InChI is InChI=1S/C14H26N4O/c1-11(2)18-9-4-3-6-12(18)10-13-16-14(19-17-13)7-5-8-15/h11-12H,3-10,15H2,1-2H3. The summed E-state index contributed by atoms with van der Waals surface area (Å²) in [7, 11) is 0. The first-order valence-corrected chi connectivity index (χ1v) is 7.48. The van der Waals surface area contributed by atoms with E-state index in [1.807, 2.05) is 0 Å². The van der Waals surface area contributed by atoms with Crippen molar-refractivity contribution in [2.24, 2.45) is 5.73 Å². The summed E-state index contributed by atoms with van der Waals surface area (Å²) < 4.78 is 5.27. The molecule has 0 aromatic carbocycles. The lowest BCUT2D eigenvalue weighted by Crippen LogP contribution is -2.45. The van der Waals surface area contributed by atoms with Crippen LogP contribution < -0.4 is 5.73 Å². The van der Waals surface area contributed by atoms with Crippen molar-refractivity contribution in [1.29, 1.82) is 0 Å². The van der Waals surface area contributed by atoms with Gasteiger partial charge in [0.2, 0.25) is 5.89 Å². The van der Waals surface area contributed by atoms with Crippen LogP contribution in [0.25, 0.3) is 0 Å². The van der Waals surface area contributed by atoms with Crippen LogP contribution in [-0.4, -0.2) is 40.2 Å². The molecule has 19 heavy (non-hydrogen) atoms. The summed E-state index contributed by atoms with van der Waals surface area (Å²) in [6.07, 6.45) is 6.47. The van der Waals surface area contributed by atoms with Crippen molar-refractivity contribution < 1.29 is 4.52 Å². The molecule has 0 saturated carbocycles. The lowest BCUT2D eigenvalue weighted by Gasteiger charge is -2.38. The highest BCUT2D eigenvalue weighted by Gasteiger charge is 2.26. The van der Waals surface area contributed by atoms with Crippen LogP contribution in [0.3, 0.4) is 0 Å². The van der Waals surface area contributed by atoms with Gasteiger partial charge in [0, 0.05) is 24.9 Å². The lowest BCUT2D eigenvalue weighted by molar-refractivity contribution is 0.110. The smallest absolute Gasteiger partial charge is 0.226 e. The fourth-order valence-corrected chi connectivity index (χ4v) is 2.86. The van der Waals surface area contributed by atoms with Crippen LogP contribution in [0.1, 0.15) is 51.2 Å². The average molecular weight is 266 g/mol. The van der Waals surface area contributed by atoms with Crippen molar-refractivity contribution in [3.63, 3.8) is 0 Å². The third-order valence-electron chi connectivity index (χ3n) is 3.86. The quantitative estimate of drug-likeness (QED) is 0.850. The molecule has 2 rings (SSSR count). The molecule has 5 nitrogen and oxygen atoms in total. The van der Waals surface area contributed by atoms with Crippen LogP contribution in [-0.2, 0) is 12.8 Å². The van der Waals surface area contributed by atoms with Gasteiger partial charge in [-0.3, -0.25) is 4.90 Å². The zero-order valence-corrected chi connectivity index (χ0v) is 12.1. The van der Waals surface area contributed by atoms with Crippen LogP contribution in [0.5, 0.6) is 0 Å². The molecular formula is C14H26N4O. The zero-order chi connectivity index (χ0) is 13.7. The molecule has 2 N–H and O–H groups in total. The van der Waals surface area contributed by atoms with E-state index in [9.17, 15) is 0 Å². The number of rotatable bonds is 6. The second-order valence-electron chi connectivity index (χ2n) is 5.68. The molecular weight excluding hydrogens is 240 g/mol. The highest BCUT2D eigenvalue weighted by molar-refractivity contribution is 4.93. The first kappa shape index (κ1) is 14.5. The minimum Gasteiger partial charge on any atom is -0.339 e. The Kier molecular flexibility index (Phi) is 5.34. The molecule has 1 aromatic heterocycles. The Morgan fingerprint density at radius 1 is 1.42 bits per heavy atom. The molecule has 1 unspecified atom stereocenters. The molecule has 0 aliphatic carbocycles.